The number of allylic oxidation sites excluding steroid dienone is 2. The molecule has 0 spiro atoms. The van der Waals surface area contributed by atoms with Crippen molar-refractivity contribution in [2.75, 3.05) is 0 Å². The monoisotopic (exact) mass is 620 g/mol. The highest BCUT2D eigenvalue weighted by Gasteiger charge is 2.47. The van der Waals surface area contributed by atoms with Crippen molar-refractivity contribution < 1.29 is 0 Å². The van der Waals surface area contributed by atoms with Gasteiger partial charge in [0, 0.05) is 11.8 Å². The second-order valence-corrected chi connectivity index (χ2v) is 17.1. The third-order valence-electron chi connectivity index (χ3n) is 10.8. The predicted octanol–water partition coefficient (Wildman–Crippen LogP) is 9.00. The smallest absolute Gasteiger partial charge is 0.0623 e. The maximum absolute atomic E-state index is 2.87. The molecule has 228 valence electrons. The summed E-state index contributed by atoms with van der Waals surface area (Å²) in [4.78, 5) is 0. The first-order chi connectivity index (χ1) is 23.0. The topological polar surface area (TPSA) is 0 Å². The van der Waals surface area contributed by atoms with E-state index in [9.17, 15) is 0 Å². The average molecular weight is 621 g/mol. The van der Waals surface area contributed by atoms with Gasteiger partial charge in [-0.3, -0.25) is 0 Å². The maximum atomic E-state index is 2.51. The molecule has 6 aromatic rings. The van der Waals surface area contributed by atoms with Gasteiger partial charge in [-0.2, -0.15) is 0 Å². The Bertz CT molecular complexity index is 2000. The van der Waals surface area contributed by atoms with Crippen LogP contribution >= 0.6 is 0 Å². The normalized spacial score (nSPS) is 16.8. The molecular weight excluding hydrogens is 581 g/mol. The Balaban J connectivity index is 1.47. The molecular formula is C46H40Si. The Hall–Kier alpha value is -4.98. The molecule has 0 saturated heterocycles. The van der Waals surface area contributed by atoms with E-state index >= 15 is 0 Å². The van der Waals surface area contributed by atoms with Gasteiger partial charge in [-0.05, 0) is 102 Å². The van der Waals surface area contributed by atoms with Crippen LogP contribution in [0.5, 0.6) is 0 Å². The third-order valence-corrected chi connectivity index (χ3v) is 15.7. The molecule has 2 unspecified atom stereocenters. The van der Waals surface area contributed by atoms with Gasteiger partial charge in [0.2, 0.25) is 0 Å². The summed E-state index contributed by atoms with van der Waals surface area (Å²) in [6, 6.07) is 54.8. The predicted molar refractivity (Wildman–Crippen MR) is 205 cm³/mol. The van der Waals surface area contributed by atoms with Crippen molar-refractivity contribution in [1.82, 2.24) is 0 Å². The minimum Gasteiger partial charge on any atom is -0.0623 e. The van der Waals surface area contributed by atoms with Gasteiger partial charge in [0.05, 0.1) is 0 Å². The fourth-order valence-electron chi connectivity index (χ4n) is 8.57. The van der Waals surface area contributed by atoms with Gasteiger partial charge in [0.1, 0.15) is 0 Å². The summed E-state index contributed by atoms with van der Waals surface area (Å²) in [5.74, 6) is 0.547. The zero-order valence-electron chi connectivity index (χ0n) is 27.7. The highest BCUT2D eigenvalue weighted by molar-refractivity contribution is 7.20. The Kier molecular flexibility index (Phi) is 7.31. The van der Waals surface area contributed by atoms with E-state index in [-0.39, 0.29) is 11.8 Å². The van der Waals surface area contributed by atoms with Gasteiger partial charge >= 0.3 is 0 Å². The summed E-state index contributed by atoms with van der Waals surface area (Å²) >= 11 is 0. The molecule has 0 N–H and O–H groups in total. The molecule has 0 aromatic heterocycles. The Morgan fingerprint density at radius 3 is 1.11 bits per heavy atom. The Morgan fingerprint density at radius 2 is 0.745 bits per heavy atom. The summed E-state index contributed by atoms with van der Waals surface area (Å²) in [6.45, 7) is 9.44. The van der Waals surface area contributed by atoms with Crippen LogP contribution in [0.4, 0.5) is 0 Å². The van der Waals surface area contributed by atoms with E-state index in [1.54, 1.807) is 0 Å². The van der Waals surface area contributed by atoms with Crippen molar-refractivity contribution >= 4 is 52.1 Å². The van der Waals surface area contributed by atoms with E-state index in [1.165, 1.54) is 76.4 Å². The van der Waals surface area contributed by atoms with Crippen LogP contribution in [0.3, 0.4) is 0 Å². The van der Waals surface area contributed by atoms with Crippen molar-refractivity contribution in [3.8, 4) is 0 Å². The highest BCUT2D eigenvalue weighted by atomic mass is 28.3. The molecule has 0 saturated carbocycles. The largest absolute Gasteiger partial charge is 0.180 e. The Morgan fingerprint density at radius 1 is 0.404 bits per heavy atom. The van der Waals surface area contributed by atoms with E-state index in [0.717, 1.165) is 0 Å². The van der Waals surface area contributed by atoms with Crippen LogP contribution in [-0.2, 0) is 0 Å². The number of hydrogen-bond acceptors (Lipinski definition) is 0. The number of rotatable bonds is 6. The minimum atomic E-state index is -2.87. The molecule has 0 fully saturated rings. The zero-order chi connectivity index (χ0) is 32.1. The standard InChI is InChI=1S/C46H40Si/c1-31-25-27-43(45-33(3)41(29-39(31)45)35-17-9-5-10-18-35)47(37-21-13-7-14-22-37,38-23-15-8-16-24-38)44-28-26-32(2)40-30-42(34(4)46(40)44)36-19-11-6-12-20-36/h5-30,33-34H,1-4H3. The van der Waals surface area contributed by atoms with E-state index in [1.807, 2.05) is 0 Å². The summed E-state index contributed by atoms with van der Waals surface area (Å²) in [5, 5.41) is 5.89. The van der Waals surface area contributed by atoms with Crippen molar-refractivity contribution in [3.05, 3.63) is 190 Å². The van der Waals surface area contributed by atoms with Gasteiger partial charge in [0.25, 0.3) is 0 Å². The maximum Gasteiger partial charge on any atom is 0.180 e. The summed E-state index contributed by atoms with van der Waals surface area (Å²) in [6.07, 6.45) is 4.97. The van der Waals surface area contributed by atoms with Crippen LogP contribution in [0, 0.1) is 13.8 Å². The molecule has 47 heavy (non-hydrogen) atoms. The van der Waals surface area contributed by atoms with Crippen LogP contribution in [-0.4, -0.2) is 8.07 Å². The lowest BCUT2D eigenvalue weighted by atomic mass is 9.92. The van der Waals surface area contributed by atoms with Crippen LogP contribution in [0.1, 0.15) is 70.2 Å². The summed E-state index contributed by atoms with van der Waals surface area (Å²) in [7, 11) is -2.87. The van der Waals surface area contributed by atoms with Crippen LogP contribution in [0.15, 0.2) is 146 Å². The molecule has 0 aliphatic heterocycles. The van der Waals surface area contributed by atoms with E-state index in [2.05, 4.69) is 185 Å². The SMILES string of the molecule is Cc1ccc([Si](c2ccccc2)(c2ccccc2)c2ccc(C)c3c2C(C)C(c2ccccc2)=C3)c2c1C=C(c1ccccc1)C2C. The highest BCUT2D eigenvalue weighted by Crippen LogP contribution is 2.45. The number of fused-ring (bicyclic) bond motifs is 2. The molecule has 8 rings (SSSR count). The fraction of sp³-hybridized carbons (Fsp3) is 0.130. The third kappa shape index (κ3) is 4.56. The second-order valence-electron chi connectivity index (χ2n) is 13.4. The lowest BCUT2D eigenvalue weighted by Gasteiger charge is -2.39. The van der Waals surface area contributed by atoms with Crippen molar-refractivity contribution in [3.63, 3.8) is 0 Å². The molecule has 0 amide bonds. The molecule has 0 radical (unpaired) electrons. The molecule has 0 bridgehead atoms. The molecule has 2 atom stereocenters. The van der Waals surface area contributed by atoms with Crippen LogP contribution in [0.25, 0.3) is 23.3 Å². The number of hydrogen-bond donors (Lipinski definition) is 0. The van der Waals surface area contributed by atoms with Gasteiger partial charge in [-0.25, -0.2) is 0 Å². The molecule has 2 aliphatic carbocycles. The van der Waals surface area contributed by atoms with Gasteiger partial charge < -0.3 is 0 Å². The van der Waals surface area contributed by atoms with Crippen molar-refractivity contribution in [2.45, 2.75) is 39.5 Å². The van der Waals surface area contributed by atoms with E-state index in [4.69, 9.17) is 0 Å². The first kappa shape index (κ1) is 29.4. The average Bonchev–Trinajstić information content (AvgIpc) is 3.67. The molecule has 2 aliphatic rings. The van der Waals surface area contributed by atoms with Crippen LogP contribution in [0.2, 0.25) is 0 Å². The van der Waals surface area contributed by atoms with E-state index in [0.29, 0.717) is 0 Å². The van der Waals surface area contributed by atoms with Crippen molar-refractivity contribution in [1.29, 1.82) is 0 Å². The quantitative estimate of drug-likeness (QED) is 0.129. The second kappa shape index (κ2) is 11.7. The number of benzene rings is 6. The zero-order valence-corrected chi connectivity index (χ0v) is 28.7. The molecule has 6 aromatic carbocycles. The van der Waals surface area contributed by atoms with Gasteiger partial charge in [0.15, 0.2) is 8.07 Å². The van der Waals surface area contributed by atoms with Crippen molar-refractivity contribution in [2.24, 2.45) is 0 Å². The number of aryl methyl sites for hydroxylation is 2. The lowest BCUT2D eigenvalue weighted by Crippen LogP contribution is -2.76. The van der Waals surface area contributed by atoms with Crippen LogP contribution < -0.4 is 20.7 Å². The van der Waals surface area contributed by atoms with Gasteiger partial charge in [-0.1, -0.05) is 159 Å². The summed E-state index contributed by atoms with van der Waals surface area (Å²) in [5.41, 5.74) is 14.0. The first-order valence-electron chi connectivity index (χ1n) is 16.9. The summed E-state index contributed by atoms with van der Waals surface area (Å²) < 4.78 is 0. The molecule has 1 heteroatoms. The Labute approximate surface area is 280 Å². The minimum absolute atomic E-state index is 0.274. The molecule has 0 heterocycles. The fourth-order valence-corrected chi connectivity index (χ4v) is 14.0. The van der Waals surface area contributed by atoms with E-state index < -0.39 is 8.07 Å². The first-order valence-corrected chi connectivity index (χ1v) is 18.9. The molecule has 0 nitrogen and oxygen atoms in total. The lowest BCUT2D eigenvalue weighted by molar-refractivity contribution is 1.01. The van der Waals surface area contributed by atoms with Gasteiger partial charge in [-0.15, -0.1) is 0 Å².